The molecule has 0 spiro atoms. The second-order valence-electron chi connectivity index (χ2n) is 6.68. The first-order chi connectivity index (χ1) is 11.3. The van der Waals surface area contributed by atoms with Crippen molar-refractivity contribution in [3.63, 3.8) is 0 Å². The van der Waals surface area contributed by atoms with Crippen molar-refractivity contribution in [1.82, 2.24) is 15.1 Å². The molecule has 2 rings (SSSR count). The molecule has 2 fully saturated rings. The van der Waals surface area contributed by atoms with Crippen LogP contribution in [0.1, 0.15) is 51.4 Å². The van der Waals surface area contributed by atoms with Gasteiger partial charge in [0.1, 0.15) is 6.54 Å². The van der Waals surface area contributed by atoms with Gasteiger partial charge in [-0.2, -0.15) is 0 Å². The van der Waals surface area contributed by atoms with Crippen LogP contribution in [0.15, 0.2) is 4.99 Å². The van der Waals surface area contributed by atoms with Crippen LogP contribution in [0.2, 0.25) is 0 Å². The van der Waals surface area contributed by atoms with Crippen LogP contribution in [0.4, 0.5) is 0 Å². The van der Waals surface area contributed by atoms with Gasteiger partial charge in [-0.1, -0.05) is 25.7 Å². The minimum atomic E-state index is -0.0300. The number of carbonyl (C=O) groups excluding carboxylic acids is 1. The standard InChI is InChI=1S/C17H33N5O/c18-17(22-12-7-3-4-8-13-22)20-15-16(23)19-9-14-21-10-5-1-2-6-11-21/h1-15H2,(H2,18,20)(H,19,23). The lowest BCUT2D eigenvalue weighted by molar-refractivity contribution is -0.119. The van der Waals surface area contributed by atoms with E-state index in [2.05, 4.69) is 20.1 Å². The maximum atomic E-state index is 11.9. The van der Waals surface area contributed by atoms with Crippen molar-refractivity contribution >= 4 is 11.9 Å². The first kappa shape index (κ1) is 18.0. The van der Waals surface area contributed by atoms with Gasteiger partial charge in [0.25, 0.3) is 0 Å². The lowest BCUT2D eigenvalue weighted by atomic mass is 10.2. The highest BCUT2D eigenvalue weighted by atomic mass is 16.1. The summed E-state index contributed by atoms with van der Waals surface area (Å²) in [7, 11) is 0. The summed E-state index contributed by atoms with van der Waals surface area (Å²) in [6.07, 6.45) is 10.1. The van der Waals surface area contributed by atoms with Gasteiger partial charge in [-0.25, -0.2) is 4.99 Å². The minimum absolute atomic E-state index is 0.0300. The highest BCUT2D eigenvalue weighted by Crippen LogP contribution is 2.09. The SMILES string of the molecule is NC(=NCC(=O)NCCN1CCCCCC1)N1CCCCCC1. The van der Waals surface area contributed by atoms with Gasteiger partial charge in [0.2, 0.25) is 5.91 Å². The van der Waals surface area contributed by atoms with Crippen LogP contribution < -0.4 is 11.1 Å². The van der Waals surface area contributed by atoms with Crippen molar-refractivity contribution in [3.05, 3.63) is 0 Å². The van der Waals surface area contributed by atoms with Crippen molar-refractivity contribution in [2.24, 2.45) is 10.7 Å². The monoisotopic (exact) mass is 323 g/mol. The van der Waals surface area contributed by atoms with Gasteiger partial charge in [0.05, 0.1) is 0 Å². The Morgan fingerprint density at radius 2 is 1.48 bits per heavy atom. The molecule has 0 radical (unpaired) electrons. The van der Waals surface area contributed by atoms with Gasteiger partial charge in [-0.05, 0) is 38.8 Å². The third kappa shape index (κ3) is 7.20. The van der Waals surface area contributed by atoms with Crippen LogP contribution in [0, 0.1) is 0 Å². The quantitative estimate of drug-likeness (QED) is 0.588. The van der Waals surface area contributed by atoms with E-state index in [0.29, 0.717) is 12.5 Å². The van der Waals surface area contributed by atoms with E-state index in [4.69, 9.17) is 5.73 Å². The van der Waals surface area contributed by atoms with Crippen molar-refractivity contribution in [3.8, 4) is 0 Å². The van der Waals surface area contributed by atoms with E-state index in [-0.39, 0.29) is 12.5 Å². The Bertz CT molecular complexity index is 369. The third-order valence-corrected chi connectivity index (χ3v) is 4.76. The molecule has 0 aromatic rings. The number of aliphatic imine (C=N–C) groups is 1. The highest BCUT2D eigenvalue weighted by molar-refractivity contribution is 5.84. The Morgan fingerprint density at radius 1 is 0.913 bits per heavy atom. The van der Waals surface area contributed by atoms with Crippen LogP contribution in [-0.2, 0) is 4.79 Å². The summed E-state index contributed by atoms with van der Waals surface area (Å²) in [6, 6.07) is 0. The Balaban J connectivity index is 1.62. The van der Waals surface area contributed by atoms with E-state index in [1.807, 2.05) is 0 Å². The van der Waals surface area contributed by atoms with Crippen LogP contribution in [0.3, 0.4) is 0 Å². The van der Waals surface area contributed by atoms with Gasteiger partial charge in [0.15, 0.2) is 5.96 Å². The summed E-state index contributed by atoms with van der Waals surface area (Å²) < 4.78 is 0. The molecule has 0 saturated carbocycles. The smallest absolute Gasteiger partial charge is 0.241 e. The Morgan fingerprint density at radius 3 is 2.09 bits per heavy atom. The predicted octanol–water partition coefficient (Wildman–Crippen LogP) is 1.17. The highest BCUT2D eigenvalue weighted by Gasteiger charge is 2.12. The van der Waals surface area contributed by atoms with E-state index in [9.17, 15) is 4.79 Å². The van der Waals surface area contributed by atoms with Crippen molar-refractivity contribution in [2.45, 2.75) is 51.4 Å². The number of nitrogens with one attached hydrogen (secondary N) is 1. The summed E-state index contributed by atoms with van der Waals surface area (Å²) in [6.45, 7) is 6.04. The maximum Gasteiger partial charge on any atom is 0.241 e. The topological polar surface area (TPSA) is 74.0 Å². The number of nitrogens with two attached hydrogens (primary N) is 1. The van der Waals surface area contributed by atoms with Crippen LogP contribution in [-0.4, -0.2) is 67.5 Å². The second kappa shape index (κ2) is 10.5. The Kier molecular flexibility index (Phi) is 8.21. The zero-order valence-corrected chi connectivity index (χ0v) is 14.4. The number of carbonyl (C=O) groups is 1. The molecule has 132 valence electrons. The molecule has 2 saturated heterocycles. The van der Waals surface area contributed by atoms with E-state index in [1.54, 1.807) is 0 Å². The molecule has 0 aromatic carbocycles. The molecule has 2 aliphatic rings. The molecule has 0 aromatic heterocycles. The summed E-state index contributed by atoms with van der Waals surface area (Å²) in [4.78, 5) is 20.7. The molecule has 6 nitrogen and oxygen atoms in total. The van der Waals surface area contributed by atoms with Gasteiger partial charge >= 0.3 is 0 Å². The van der Waals surface area contributed by atoms with Crippen LogP contribution >= 0.6 is 0 Å². The predicted molar refractivity (Wildman–Crippen MR) is 94.4 cm³/mol. The minimum Gasteiger partial charge on any atom is -0.370 e. The first-order valence-corrected chi connectivity index (χ1v) is 9.29. The fourth-order valence-corrected chi connectivity index (χ4v) is 3.32. The van der Waals surface area contributed by atoms with E-state index in [1.165, 1.54) is 38.5 Å². The zero-order valence-electron chi connectivity index (χ0n) is 14.4. The molecule has 0 atom stereocenters. The molecule has 0 bridgehead atoms. The number of likely N-dealkylation sites (tertiary alicyclic amines) is 2. The van der Waals surface area contributed by atoms with E-state index >= 15 is 0 Å². The van der Waals surface area contributed by atoms with Crippen LogP contribution in [0.25, 0.3) is 0 Å². The average molecular weight is 323 g/mol. The summed E-state index contributed by atoms with van der Waals surface area (Å²) in [5, 5.41) is 2.96. The van der Waals surface area contributed by atoms with E-state index in [0.717, 1.165) is 45.6 Å². The molecule has 2 heterocycles. The van der Waals surface area contributed by atoms with Crippen LogP contribution in [0.5, 0.6) is 0 Å². The van der Waals surface area contributed by atoms with Gasteiger partial charge < -0.3 is 20.9 Å². The molecule has 0 aliphatic carbocycles. The molecular weight excluding hydrogens is 290 g/mol. The second-order valence-corrected chi connectivity index (χ2v) is 6.68. The van der Waals surface area contributed by atoms with Crippen molar-refractivity contribution in [2.75, 3.05) is 45.8 Å². The van der Waals surface area contributed by atoms with Gasteiger partial charge in [-0.15, -0.1) is 0 Å². The average Bonchev–Trinajstić information content (AvgIpc) is 2.97. The lowest BCUT2D eigenvalue weighted by Crippen LogP contribution is -2.40. The number of hydrogen-bond acceptors (Lipinski definition) is 3. The van der Waals surface area contributed by atoms with Gasteiger partial charge in [-0.3, -0.25) is 4.79 Å². The largest absolute Gasteiger partial charge is 0.370 e. The number of hydrogen-bond donors (Lipinski definition) is 2. The summed E-state index contributed by atoms with van der Waals surface area (Å²) in [5.41, 5.74) is 6.02. The van der Waals surface area contributed by atoms with Crippen molar-refractivity contribution in [1.29, 1.82) is 0 Å². The number of rotatable bonds is 5. The fraction of sp³-hybridized carbons (Fsp3) is 0.882. The summed E-state index contributed by atoms with van der Waals surface area (Å²) in [5.74, 6) is 0.493. The Hall–Kier alpha value is -1.30. The normalized spacial score (nSPS) is 21.6. The summed E-state index contributed by atoms with van der Waals surface area (Å²) >= 11 is 0. The molecular formula is C17H33N5O. The Labute approximate surface area is 140 Å². The maximum absolute atomic E-state index is 11.9. The lowest BCUT2D eigenvalue weighted by Gasteiger charge is -2.21. The van der Waals surface area contributed by atoms with Gasteiger partial charge in [0, 0.05) is 26.2 Å². The molecule has 0 unspecified atom stereocenters. The zero-order chi connectivity index (χ0) is 16.3. The molecule has 2 aliphatic heterocycles. The fourth-order valence-electron chi connectivity index (χ4n) is 3.32. The molecule has 23 heavy (non-hydrogen) atoms. The number of nitrogens with zero attached hydrogens (tertiary/aromatic N) is 3. The molecule has 1 amide bonds. The molecule has 3 N–H and O–H groups in total. The number of guanidine groups is 1. The molecule has 6 heteroatoms. The number of amides is 1. The third-order valence-electron chi connectivity index (χ3n) is 4.76. The first-order valence-electron chi connectivity index (χ1n) is 9.29. The van der Waals surface area contributed by atoms with Crippen molar-refractivity contribution < 1.29 is 4.79 Å². The van der Waals surface area contributed by atoms with E-state index < -0.39 is 0 Å².